The van der Waals surface area contributed by atoms with Gasteiger partial charge in [0.15, 0.2) is 0 Å². The van der Waals surface area contributed by atoms with E-state index >= 15 is 0 Å². The van der Waals surface area contributed by atoms with Gasteiger partial charge in [-0.3, -0.25) is 4.68 Å². The standard InChI is InChI=1S/C13H16ClN3/c1-9-13(10(2)17(16-9)7-6-15)11-4-3-5-12(14)8-11/h3-5,8H,6-7,15H2,1-2H3. The molecule has 0 aliphatic carbocycles. The van der Waals surface area contributed by atoms with E-state index in [-0.39, 0.29) is 0 Å². The highest BCUT2D eigenvalue weighted by Crippen LogP contribution is 2.28. The Balaban J connectivity index is 2.52. The van der Waals surface area contributed by atoms with Crippen LogP contribution in [0, 0.1) is 13.8 Å². The Morgan fingerprint density at radius 1 is 1.35 bits per heavy atom. The molecule has 0 saturated heterocycles. The zero-order valence-electron chi connectivity index (χ0n) is 10.1. The van der Waals surface area contributed by atoms with Gasteiger partial charge in [-0.1, -0.05) is 23.7 Å². The minimum Gasteiger partial charge on any atom is -0.329 e. The van der Waals surface area contributed by atoms with Crippen molar-refractivity contribution in [1.29, 1.82) is 0 Å². The maximum Gasteiger partial charge on any atom is 0.0674 e. The minimum absolute atomic E-state index is 0.594. The lowest BCUT2D eigenvalue weighted by Crippen LogP contribution is -2.12. The predicted molar refractivity (Wildman–Crippen MR) is 71.2 cm³/mol. The van der Waals surface area contributed by atoms with Crippen molar-refractivity contribution in [3.63, 3.8) is 0 Å². The van der Waals surface area contributed by atoms with E-state index in [1.807, 2.05) is 29.8 Å². The predicted octanol–water partition coefficient (Wildman–Crippen LogP) is 2.78. The van der Waals surface area contributed by atoms with Gasteiger partial charge in [-0.2, -0.15) is 5.10 Å². The van der Waals surface area contributed by atoms with Gasteiger partial charge < -0.3 is 5.73 Å². The Labute approximate surface area is 106 Å². The SMILES string of the molecule is Cc1nn(CCN)c(C)c1-c1cccc(Cl)c1. The third kappa shape index (κ3) is 2.35. The normalized spacial score (nSPS) is 10.8. The maximum atomic E-state index is 6.02. The summed E-state index contributed by atoms with van der Waals surface area (Å²) < 4.78 is 1.95. The molecule has 0 bridgehead atoms. The molecule has 0 radical (unpaired) electrons. The molecule has 3 nitrogen and oxygen atoms in total. The van der Waals surface area contributed by atoms with Crippen LogP contribution in [0.25, 0.3) is 11.1 Å². The minimum atomic E-state index is 0.594. The monoisotopic (exact) mass is 249 g/mol. The molecule has 0 atom stereocenters. The number of benzene rings is 1. The van der Waals surface area contributed by atoms with Gasteiger partial charge in [0.1, 0.15) is 0 Å². The Bertz CT molecular complexity index is 531. The first-order chi connectivity index (χ1) is 8.13. The van der Waals surface area contributed by atoms with Crippen molar-refractivity contribution in [2.45, 2.75) is 20.4 Å². The van der Waals surface area contributed by atoms with E-state index in [0.29, 0.717) is 6.54 Å². The van der Waals surface area contributed by atoms with Crippen molar-refractivity contribution < 1.29 is 0 Å². The van der Waals surface area contributed by atoms with E-state index < -0.39 is 0 Å². The first-order valence-corrected chi connectivity index (χ1v) is 6.01. The number of aryl methyl sites for hydroxylation is 1. The molecule has 1 heterocycles. The highest BCUT2D eigenvalue weighted by atomic mass is 35.5. The molecule has 2 rings (SSSR count). The maximum absolute atomic E-state index is 6.02. The third-order valence-corrected chi connectivity index (χ3v) is 3.07. The first kappa shape index (κ1) is 12.1. The summed E-state index contributed by atoms with van der Waals surface area (Å²) >= 11 is 6.02. The Kier molecular flexibility index (Phi) is 3.50. The van der Waals surface area contributed by atoms with E-state index in [0.717, 1.165) is 34.1 Å². The lowest BCUT2D eigenvalue weighted by atomic mass is 10.0. The molecule has 0 aliphatic heterocycles. The summed E-state index contributed by atoms with van der Waals surface area (Å²) in [5.74, 6) is 0. The van der Waals surface area contributed by atoms with Gasteiger partial charge in [-0.15, -0.1) is 0 Å². The largest absolute Gasteiger partial charge is 0.329 e. The average molecular weight is 250 g/mol. The van der Waals surface area contributed by atoms with Gasteiger partial charge in [0.2, 0.25) is 0 Å². The summed E-state index contributed by atoms with van der Waals surface area (Å²) in [4.78, 5) is 0. The summed E-state index contributed by atoms with van der Waals surface area (Å²) in [6.07, 6.45) is 0. The highest BCUT2D eigenvalue weighted by Gasteiger charge is 2.12. The molecule has 1 aromatic heterocycles. The molecule has 0 amide bonds. The van der Waals surface area contributed by atoms with Crippen LogP contribution < -0.4 is 5.73 Å². The van der Waals surface area contributed by atoms with Gasteiger partial charge in [0, 0.05) is 22.8 Å². The average Bonchev–Trinajstić information content (AvgIpc) is 2.55. The van der Waals surface area contributed by atoms with Crippen molar-refractivity contribution in [1.82, 2.24) is 9.78 Å². The second-order valence-corrected chi connectivity index (χ2v) is 4.50. The molecule has 0 aliphatic rings. The van der Waals surface area contributed by atoms with Crippen molar-refractivity contribution >= 4 is 11.6 Å². The van der Waals surface area contributed by atoms with Crippen LogP contribution in [-0.2, 0) is 6.54 Å². The molecule has 2 N–H and O–H groups in total. The zero-order valence-corrected chi connectivity index (χ0v) is 10.8. The molecule has 90 valence electrons. The topological polar surface area (TPSA) is 43.8 Å². The smallest absolute Gasteiger partial charge is 0.0674 e. The second-order valence-electron chi connectivity index (χ2n) is 4.07. The summed E-state index contributed by atoms with van der Waals surface area (Å²) in [7, 11) is 0. The summed E-state index contributed by atoms with van der Waals surface area (Å²) in [5, 5.41) is 5.24. The van der Waals surface area contributed by atoms with E-state index in [1.54, 1.807) is 0 Å². The van der Waals surface area contributed by atoms with E-state index in [1.165, 1.54) is 0 Å². The summed E-state index contributed by atoms with van der Waals surface area (Å²) in [5.41, 5.74) is 9.98. The summed E-state index contributed by atoms with van der Waals surface area (Å²) in [6.45, 7) is 5.41. The number of rotatable bonds is 3. The van der Waals surface area contributed by atoms with E-state index in [2.05, 4.69) is 18.1 Å². The van der Waals surface area contributed by atoms with Crippen molar-refractivity contribution in [3.05, 3.63) is 40.7 Å². The van der Waals surface area contributed by atoms with Crippen LogP contribution in [-0.4, -0.2) is 16.3 Å². The lowest BCUT2D eigenvalue weighted by molar-refractivity contribution is 0.604. The first-order valence-electron chi connectivity index (χ1n) is 5.63. The van der Waals surface area contributed by atoms with Gasteiger partial charge in [-0.05, 0) is 31.5 Å². The van der Waals surface area contributed by atoms with Gasteiger partial charge in [0.05, 0.1) is 12.2 Å². The third-order valence-electron chi connectivity index (χ3n) is 2.84. The van der Waals surface area contributed by atoms with Crippen LogP contribution in [0.5, 0.6) is 0 Å². The van der Waals surface area contributed by atoms with Crippen molar-refractivity contribution in [2.24, 2.45) is 5.73 Å². The van der Waals surface area contributed by atoms with E-state index in [9.17, 15) is 0 Å². The molecule has 1 aromatic carbocycles. The number of halogens is 1. The number of hydrogen-bond acceptors (Lipinski definition) is 2. The van der Waals surface area contributed by atoms with Crippen LogP contribution in [0.15, 0.2) is 24.3 Å². The molecule has 17 heavy (non-hydrogen) atoms. The second kappa shape index (κ2) is 4.90. The fourth-order valence-corrected chi connectivity index (χ4v) is 2.29. The number of nitrogens with zero attached hydrogens (tertiary/aromatic N) is 2. The Hall–Kier alpha value is -1.32. The fourth-order valence-electron chi connectivity index (χ4n) is 2.10. The van der Waals surface area contributed by atoms with E-state index in [4.69, 9.17) is 17.3 Å². The Morgan fingerprint density at radius 2 is 2.12 bits per heavy atom. The van der Waals surface area contributed by atoms with Crippen LogP contribution in [0.1, 0.15) is 11.4 Å². The molecular weight excluding hydrogens is 234 g/mol. The molecule has 0 fully saturated rings. The molecule has 2 aromatic rings. The van der Waals surface area contributed by atoms with Gasteiger partial charge in [0.25, 0.3) is 0 Å². The number of aromatic nitrogens is 2. The lowest BCUT2D eigenvalue weighted by Gasteiger charge is -2.04. The fraction of sp³-hybridized carbons (Fsp3) is 0.308. The highest BCUT2D eigenvalue weighted by molar-refractivity contribution is 6.30. The van der Waals surface area contributed by atoms with Crippen molar-refractivity contribution in [3.8, 4) is 11.1 Å². The summed E-state index contributed by atoms with van der Waals surface area (Å²) in [6, 6.07) is 7.85. The van der Waals surface area contributed by atoms with Gasteiger partial charge >= 0.3 is 0 Å². The number of nitrogens with two attached hydrogens (primary N) is 1. The molecule has 4 heteroatoms. The zero-order chi connectivity index (χ0) is 12.4. The molecule has 0 spiro atoms. The van der Waals surface area contributed by atoms with Crippen molar-refractivity contribution in [2.75, 3.05) is 6.54 Å². The molecule has 0 unspecified atom stereocenters. The quantitative estimate of drug-likeness (QED) is 0.909. The van der Waals surface area contributed by atoms with Crippen LogP contribution in [0.3, 0.4) is 0 Å². The number of hydrogen-bond donors (Lipinski definition) is 1. The van der Waals surface area contributed by atoms with Crippen LogP contribution in [0.2, 0.25) is 5.02 Å². The van der Waals surface area contributed by atoms with Gasteiger partial charge in [-0.25, -0.2) is 0 Å². The van der Waals surface area contributed by atoms with Crippen LogP contribution >= 0.6 is 11.6 Å². The molecular formula is C13H16ClN3. The Morgan fingerprint density at radius 3 is 2.76 bits per heavy atom. The molecule has 0 saturated carbocycles. The van der Waals surface area contributed by atoms with Crippen LogP contribution in [0.4, 0.5) is 0 Å².